The van der Waals surface area contributed by atoms with Gasteiger partial charge in [-0.3, -0.25) is 4.79 Å². The Bertz CT molecular complexity index is 185. The van der Waals surface area contributed by atoms with Crippen LogP contribution < -0.4 is 0 Å². The molecule has 0 aliphatic heterocycles. The fraction of sp³-hybridized carbons (Fsp3) is 0.917. The Labute approximate surface area is 92.1 Å². The predicted octanol–water partition coefficient (Wildman–Crippen LogP) is 2.39. The van der Waals surface area contributed by atoms with Crippen LogP contribution in [0, 0.1) is 11.8 Å². The van der Waals surface area contributed by atoms with Gasteiger partial charge in [0.25, 0.3) is 0 Å². The predicted molar refractivity (Wildman–Crippen MR) is 58.6 cm³/mol. The van der Waals surface area contributed by atoms with Gasteiger partial charge in [0.1, 0.15) is 0 Å². The van der Waals surface area contributed by atoms with E-state index in [-0.39, 0.29) is 11.9 Å². The Hall–Kier alpha value is -0.570. The highest BCUT2D eigenvalue weighted by molar-refractivity contribution is 5.73. The number of carbonyl (C=O) groups excluding carboxylic acids is 1. The van der Waals surface area contributed by atoms with Crippen LogP contribution in [-0.2, 0) is 14.3 Å². The third-order valence-electron chi connectivity index (χ3n) is 3.15. The van der Waals surface area contributed by atoms with Crippen molar-refractivity contribution in [3.05, 3.63) is 0 Å². The fourth-order valence-electron chi connectivity index (χ4n) is 2.36. The van der Waals surface area contributed by atoms with Gasteiger partial charge in [-0.1, -0.05) is 19.3 Å². The Kier molecular flexibility index (Phi) is 5.69. The van der Waals surface area contributed by atoms with Crippen LogP contribution in [0.1, 0.15) is 39.0 Å². The molecule has 1 fully saturated rings. The third-order valence-corrected chi connectivity index (χ3v) is 3.15. The van der Waals surface area contributed by atoms with E-state index in [9.17, 15) is 4.79 Å². The first kappa shape index (κ1) is 12.5. The molecule has 1 unspecified atom stereocenters. The molecular weight excluding hydrogens is 192 g/mol. The zero-order valence-corrected chi connectivity index (χ0v) is 9.83. The lowest BCUT2D eigenvalue weighted by Gasteiger charge is -2.28. The first-order valence-corrected chi connectivity index (χ1v) is 5.95. The lowest BCUT2D eigenvalue weighted by Crippen LogP contribution is -2.31. The molecule has 0 radical (unpaired) electrons. The number of rotatable bonds is 5. The summed E-state index contributed by atoms with van der Waals surface area (Å²) in [6, 6.07) is 0. The van der Waals surface area contributed by atoms with E-state index < -0.39 is 0 Å². The van der Waals surface area contributed by atoms with Crippen molar-refractivity contribution in [1.29, 1.82) is 0 Å². The first-order valence-electron chi connectivity index (χ1n) is 5.95. The number of hydrogen-bond acceptors (Lipinski definition) is 3. The molecule has 0 N–H and O–H groups in total. The topological polar surface area (TPSA) is 35.5 Å². The second-order valence-corrected chi connectivity index (χ2v) is 4.21. The quantitative estimate of drug-likeness (QED) is 0.659. The molecule has 1 saturated carbocycles. The number of carbonyl (C=O) groups is 1. The summed E-state index contributed by atoms with van der Waals surface area (Å²) in [5.41, 5.74) is 0. The molecule has 0 aromatic rings. The van der Waals surface area contributed by atoms with Crippen LogP contribution in [0.25, 0.3) is 0 Å². The van der Waals surface area contributed by atoms with Crippen LogP contribution in [0.2, 0.25) is 0 Å². The van der Waals surface area contributed by atoms with Gasteiger partial charge < -0.3 is 9.47 Å². The summed E-state index contributed by atoms with van der Waals surface area (Å²) >= 11 is 0. The van der Waals surface area contributed by atoms with Crippen LogP contribution in [0.3, 0.4) is 0 Å². The Morgan fingerprint density at radius 3 is 2.53 bits per heavy atom. The van der Waals surface area contributed by atoms with Gasteiger partial charge in [-0.2, -0.15) is 0 Å². The van der Waals surface area contributed by atoms with E-state index in [2.05, 4.69) is 0 Å². The minimum absolute atomic E-state index is 0.0461. The van der Waals surface area contributed by atoms with Gasteiger partial charge in [-0.15, -0.1) is 0 Å². The van der Waals surface area contributed by atoms with Gasteiger partial charge in [0.05, 0.1) is 19.1 Å². The van der Waals surface area contributed by atoms with E-state index in [1.165, 1.54) is 19.3 Å². The molecule has 0 saturated heterocycles. The van der Waals surface area contributed by atoms with E-state index >= 15 is 0 Å². The van der Waals surface area contributed by atoms with E-state index in [1.54, 1.807) is 7.11 Å². The molecule has 3 heteroatoms. The number of methoxy groups -OCH3 is 1. The van der Waals surface area contributed by atoms with Crippen LogP contribution in [-0.4, -0.2) is 26.3 Å². The molecule has 0 heterocycles. The molecule has 0 aromatic carbocycles. The molecule has 88 valence electrons. The minimum Gasteiger partial charge on any atom is -0.466 e. The summed E-state index contributed by atoms with van der Waals surface area (Å²) in [4.78, 5) is 11.7. The zero-order valence-electron chi connectivity index (χ0n) is 9.83. The highest BCUT2D eigenvalue weighted by atomic mass is 16.5. The third kappa shape index (κ3) is 3.82. The van der Waals surface area contributed by atoms with E-state index in [0.717, 1.165) is 12.8 Å². The maximum absolute atomic E-state index is 11.7. The summed E-state index contributed by atoms with van der Waals surface area (Å²) in [6.07, 6.45) is 6.08. The van der Waals surface area contributed by atoms with Gasteiger partial charge in [-0.05, 0) is 25.7 Å². The van der Waals surface area contributed by atoms with Crippen LogP contribution in [0.4, 0.5) is 0 Å². The Morgan fingerprint density at radius 1 is 1.33 bits per heavy atom. The van der Waals surface area contributed by atoms with E-state index in [4.69, 9.17) is 9.47 Å². The summed E-state index contributed by atoms with van der Waals surface area (Å²) in [7, 11) is 1.65. The van der Waals surface area contributed by atoms with Gasteiger partial charge >= 0.3 is 5.97 Å². The SMILES string of the molecule is CCOC(=O)C(COC)C1CCCCC1. The first-order chi connectivity index (χ1) is 7.29. The van der Waals surface area contributed by atoms with Gasteiger partial charge in [-0.25, -0.2) is 0 Å². The average molecular weight is 214 g/mol. The normalized spacial score (nSPS) is 19.9. The second-order valence-electron chi connectivity index (χ2n) is 4.21. The smallest absolute Gasteiger partial charge is 0.311 e. The maximum atomic E-state index is 11.7. The van der Waals surface area contributed by atoms with Crippen LogP contribution in [0.5, 0.6) is 0 Å². The molecule has 0 bridgehead atoms. The highest BCUT2D eigenvalue weighted by Crippen LogP contribution is 2.30. The number of hydrogen-bond donors (Lipinski definition) is 0. The number of ether oxygens (including phenoxy) is 2. The van der Waals surface area contributed by atoms with Crippen LogP contribution in [0.15, 0.2) is 0 Å². The summed E-state index contributed by atoms with van der Waals surface area (Å²) in [6.45, 7) is 2.82. The highest BCUT2D eigenvalue weighted by Gasteiger charge is 2.30. The Morgan fingerprint density at radius 2 is 2.00 bits per heavy atom. The summed E-state index contributed by atoms with van der Waals surface area (Å²) in [5.74, 6) is 0.347. The monoisotopic (exact) mass is 214 g/mol. The molecule has 0 amide bonds. The van der Waals surface area contributed by atoms with Crippen LogP contribution >= 0.6 is 0 Å². The molecule has 1 aliphatic carbocycles. The second kappa shape index (κ2) is 6.83. The average Bonchev–Trinajstić information content (AvgIpc) is 2.27. The lowest BCUT2D eigenvalue weighted by atomic mass is 9.80. The molecular formula is C12H22O3. The van der Waals surface area contributed by atoms with Crippen molar-refractivity contribution in [2.24, 2.45) is 11.8 Å². The molecule has 1 aliphatic rings. The molecule has 0 spiro atoms. The summed E-state index contributed by atoms with van der Waals surface area (Å²) < 4.78 is 10.2. The van der Waals surface area contributed by atoms with Gasteiger partial charge in [0.15, 0.2) is 0 Å². The maximum Gasteiger partial charge on any atom is 0.311 e. The van der Waals surface area contributed by atoms with Crippen molar-refractivity contribution in [1.82, 2.24) is 0 Å². The van der Waals surface area contributed by atoms with Gasteiger partial charge in [0.2, 0.25) is 0 Å². The van der Waals surface area contributed by atoms with Gasteiger partial charge in [0, 0.05) is 7.11 Å². The molecule has 3 nitrogen and oxygen atoms in total. The van der Waals surface area contributed by atoms with E-state index in [1.807, 2.05) is 6.92 Å². The largest absolute Gasteiger partial charge is 0.466 e. The minimum atomic E-state index is -0.0775. The summed E-state index contributed by atoms with van der Waals surface area (Å²) in [5, 5.41) is 0. The lowest BCUT2D eigenvalue weighted by molar-refractivity contribution is -0.152. The van der Waals surface area contributed by atoms with Crippen molar-refractivity contribution >= 4 is 5.97 Å². The standard InChI is InChI=1S/C12H22O3/c1-3-15-12(13)11(9-14-2)10-7-5-4-6-8-10/h10-11H,3-9H2,1-2H3. The number of esters is 1. The fourth-order valence-corrected chi connectivity index (χ4v) is 2.36. The van der Waals surface area contributed by atoms with Crippen molar-refractivity contribution in [3.8, 4) is 0 Å². The Balaban J connectivity index is 2.50. The molecule has 0 aromatic heterocycles. The molecule has 15 heavy (non-hydrogen) atoms. The van der Waals surface area contributed by atoms with Crippen molar-refractivity contribution in [3.63, 3.8) is 0 Å². The van der Waals surface area contributed by atoms with Crippen molar-refractivity contribution < 1.29 is 14.3 Å². The van der Waals surface area contributed by atoms with Crippen molar-refractivity contribution in [2.45, 2.75) is 39.0 Å². The molecule has 1 atom stereocenters. The zero-order chi connectivity index (χ0) is 11.1. The molecule has 1 rings (SSSR count). The van der Waals surface area contributed by atoms with Crippen molar-refractivity contribution in [2.75, 3.05) is 20.3 Å². The van der Waals surface area contributed by atoms with E-state index in [0.29, 0.717) is 19.1 Å².